The number of amides is 1. The van der Waals surface area contributed by atoms with Crippen LogP contribution in [0.2, 0.25) is 0 Å². The number of aryl methyl sites for hydroxylation is 1. The fourth-order valence-corrected chi connectivity index (χ4v) is 1.31. The van der Waals surface area contributed by atoms with Crippen LogP contribution in [-0.2, 0) is 6.54 Å². The van der Waals surface area contributed by atoms with Crippen LogP contribution in [-0.4, -0.2) is 12.5 Å². The second-order valence-electron chi connectivity index (χ2n) is 3.29. The Morgan fingerprint density at radius 3 is 2.71 bits per heavy atom. The van der Waals surface area contributed by atoms with Crippen LogP contribution in [0.1, 0.15) is 28.4 Å². The number of rotatable bonds is 4. The van der Waals surface area contributed by atoms with Crippen LogP contribution < -0.4 is 11.1 Å². The van der Waals surface area contributed by atoms with Crippen molar-refractivity contribution in [2.75, 3.05) is 6.54 Å². The van der Waals surface area contributed by atoms with Gasteiger partial charge in [0.25, 0.3) is 0 Å². The van der Waals surface area contributed by atoms with Gasteiger partial charge in [-0.15, -0.1) is 0 Å². The van der Waals surface area contributed by atoms with E-state index in [4.69, 9.17) is 5.73 Å². The highest BCUT2D eigenvalue weighted by Crippen LogP contribution is 2.10. The van der Waals surface area contributed by atoms with Gasteiger partial charge in [0, 0.05) is 12.1 Å². The van der Waals surface area contributed by atoms with Crippen molar-refractivity contribution in [1.82, 2.24) is 5.32 Å². The normalized spacial score (nSPS) is 10.1. The number of benzene rings is 1. The van der Waals surface area contributed by atoms with Gasteiger partial charge >= 0.3 is 0 Å². The van der Waals surface area contributed by atoms with Crippen LogP contribution in [0.25, 0.3) is 0 Å². The third-order valence-electron chi connectivity index (χ3n) is 2.19. The minimum Gasteiger partial charge on any atom is -0.366 e. The summed E-state index contributed by atoms with van der Waals surface area (Å²) in [5.74, 6) is -0.372. The van der Waals surface area contributed by atoms with Gasteiger partial charge in [-0.1, -0.05) is 13.0 Å². The third-order valence-corrected chi connectivity index (χ3v) is 2.19. The SMILES string of the molecule is CCNCc1ccc(C(N)=O)cc1C. The van der Waals surface area contributed by atoms with E-state index in [0.717, 1.165) is 18.7 Å². The van der Waals surface area contributed by atoms with E-state index in [9.17, 15) is 4.79 Å². The van der Waals surface area contributed by atoms with Crippen molar-refractivity contribution >= 4 is 5.91 Å². The summed E-state index contributed by atoms with van der Waals surface area (Å²) in [7, 11) is 0. The van der Waals surface area contributed by atoms with Crippen molar-refractivity contribution in [1.29, 1.82) is 0 Å². The maximum Gasteiger partial charge on any atom is 0.248 e. The average Bonchev–Trinajstić information content (AvgIpc) is 2.15. The summed E-state index contributed by atoms with van der Waals surface area (Å²) in [5, 5.41) is 3.24. The Morgan fingerprint density at radius 1 is 1.50 bits per heavy atom. The Morgan fingerprint density at radius 2 is 2.21 bits per heavy atom. The number of nitrogens with one attached hydrogen (secondary N) is 1. The van der Waals surface area contributed by atoms with Crippen LogP contribution in [0, 0.1) is 6.92 Å². The minimum absolute atomic E-state index is 0.372. The van der Waals surface area contributed by atoms with Gasteiger partial charge in [0.2, 0.25) is 5.91 Å². The lowest BCUT2D eigenvalue weighted by Gasteiger charge is -2.07. The molecule has 1 rings (SSSR count). The largest absolute Gasteiger partial charge is 0.366 e. The molecule has 1 amide bonds. The first kappa shape index (κ1) is 10.7. The highest BCUT2D eigenvalue weighted by molar-refractivity contribution is 5.93. The number of hydrogen-bond donors (Lipinski definition) is 2. The number of primary amides is 1. The average molecular weight is 192 g/mol. The number of carbonyl (C=O) groups excluding carboxylic acids is 1. The van der Waals surface area contributed by atoms with Gasteiger partial charge < -0.3 is 11.1 Å². The Kier molecular flexibility index (Phi) is 3.65. The van der Waals surface area contributed by atoms with Crippen molar-refractivity contribution in [2.24, 2.45) is 5.73 Å². The second-order valence-corrected chi connectivity index (χ2v) is 3.29. The van der Waals surface area contributed by atoms with Crippen molar-refractivity contribution in [3.63, 3.8) is 0 Å². The highest BCUT2D eigenvalue weighted by Gasteiger charge is 2.03. The van der Waals surface area contributed by atoms with Crippen LogP contribution in [0.15, 0.2) is 18.2 Å². The summed E-state index contributed by atoms with van der Waals surface area (Å²) < 4.78 is 0. The zero-order chi connectivity index (χ0) is 10.6. The molecule has 0 aliphatic heterocycles. The quantitative estimate of drug-likeness (QED) is 0.753. The monoisotopic (exact) mass is 192 g/mol. The van der Waals surface area contributed by atoms with Crippen LogP contribution >= 0.6 is 0 Å². The molecule has 76 valence electrons. The zero-order valence-corrected chi connectivity index (χ0v) is 8.63. The van der Waals surface area contributed by atoms with Crippen molar-refractivity contribution in [3.8, 4) is 0 Å². The molecule has 1 aromatic rings. The molecule has 0 saturated carbocycles. The van der Waals surface area contributed by atoms with Gasteiger partial charge in [0.1, 0.15) is 0 Å². The Labute approximate surface area is 84.3 Å². The number of nitrogens with two attached hydrogens (primary N) is 1. The summed E-state index contributed by atoms with van der Waals surface area (Å²) in [4.78, 5) is 10.9. The summed E-state index contributed by atoms with van der Waals surface area (Å²) >= 11 is 0. The summed E-state index contributed by atoms with van der Waals surface area (Å²) in [5.41, 5.74) is 8.05. The van der Waals surface area contributed by atoms with Gasteiger partial charge in [-0.25, -0.2) is 0 Å². The molecule has 14 heavy (non-hydrogen) atoms. The summed E-state index contributed by atoms with van der Waals surface area (Å²) in [6, 6.07) is 5.54. The van der Waals surface area contributed by atoms with E-state index in [1.807, 2.05) is 19.1 Å². The summed E-state index contributed by atoms with van der Waals surface area (Å²) in [6.07, 6.45) is 0. The first-order valence-electron chi connectivity index (χ1n) is 4.75. The van der Waals surface area contributed by atoms with Gasteiger partial charge in [-0.3, -0.25) is 4.79 Å². The molecule has 0 unspecified atom stereocenters. The molecule has 0 bridgehead atoms. The van der Waals surface area contributed by atoms with Gasteiger partial charge in [-0.05, 0) is 36.7 Å². The summed E-state index contributed by atoms with van der Waals surface area (Å²) in [6.45, 7) is 5.82. The number of carbonyl (C=O) groups is 1. The molecule has 0 aromatic heterocycles. The molecule has 0 radical (unpaired) electrons. The molecular formula is C11H16N2O. The highest BCUT2D eigenvalue weighted by atomic mass is 16.1. The van der Waals surface area contributed by atoms with E-state index in [0.29, 0.717) is 5.56 Å². The lowest BCUT2D eigenvalue weighted by atomic mass is 10.0. The smallest absolute Gasteiger partial charge is 0.248 e. The fourth-order valence-electron chi connectivity index (χ4n) is 1.31. The molecule has 0 fully saturated rings. The first-order valence-corrected chi connectivity index (χ1v) is 4.75. The molecule has 0 heterocycles. The second kappa shape index (κ2) is 4.77. The fraction of sp³-hybridized carbons (Fsp3) is 0.364. The van der Waals surface area contributed by atoms with Crippen LogP contribution in [0.3, 0.4) is 0 Å². The lowest BCUT2D eigenvalue weighted by Crippen LogP contribution is -2.14. The molecule has 0 aliphatic carbocycles. The van der Waals surface area contributed by atoms with Crippen LogP contribution in [0.4, 0.5) is 0 Å². The van der Waals surface area contributed by atoms with E-state index in [-0.39, 0.29) is 5.91 Å². The van der Waals surface area contributed by atoms with E-state index in [2.05, 4.69) is 12.2 Å². The van der Waals surface area contributed by atoms with E-state index in [1.165, 1.54) is 5.56 Å². The molecule has 3 N–H and O–H groups in total. The molecule has 1 aromatic carbocycles. The van der Waals surface area contributed by atoms with Crippen molar-refractivity contribution in [2.45, 2.75) is 20.4 Å². The molecule has 3 nitrogen and oxygen atoms in total. The standard InChI is InChI=1S/C11H16N2O/c1-3-13-7-10-5-4-9(11(12)14)6-8(10)2/h4-6,13H,3,7H2,1-2H3,(H2,12,14). The minimum atomic E-state index is -0.372. The molecule has 0 saturated heterocycles. The Hall–Kier alpha value is -1.35. The van der Waals surface area contributed by atoms with E-state index < -0.39 is 0 Å². The maximum absolute atomic E-state index is 10.9. The topological polar surface area (TPSA) is 55.1 Å². The lowest BCUT2D eigenvalue weighted by molar-refractivity contribution is 0.1000. The molecule has 0 aliphatic rings. The van der Waals surface area contributed by atoms with Crippen molar-refractivity contribution < 1.29 is 4.79 Å². The van der Waals surface area contributed by atoms with Crippen molar-refractivity contribution in [3.05, 3.63) is 34.9 Å². The number of hydrogen-bond acceptors (Lipinski definition) is 2. The van der Waals surface area contributed by atoms with E-state index in [1.54, 1.807) is 6.07 Å². The Balaban J connectivity index is 2.84. The zero-order valence-electron chi connectivity index (χ0n) is 8.63. The molecular weight excluding hydrogens is 176 g/mol. The predicted molar refractivity (Wildman–Crippen MR) is 57.1 cm³/mol. The first-order chi connectivity index (χ1) is 6.65. The van der Waals surface area contributed by atoms with Gasteiger partial charge in [-0.2, -0.15) is 0 Å². The third kappa shape index (κ3) is 2.57. The van der Waals surface area contributed by atoms with Gasteiger partial charge in [0.05, 0.1) is 0 Å². The van der Waals surface area contributed by atoms with E-state index >= 15 is 0 Å². The van der Waals surface area contributed by atoms with Crippen LogP contribution in [0.5, 0.6) is 0 Å². The molecule has 3 heteroatoms. The van der Waals surface area contributed by atoms with Gasteiger partial charge in [0.15, 0.2) is 0 Å². The maximum atomic E-state index is 10.9. The molecule has 0 spiro atoms. The Bertz CT molecular complexity index is 334. The predicted octanol–water partition coefficient (Wildman–Crippen LogP) is 1.20. The molecule has 0 atom stereocenters.